The molecular formula is C29H32N4O. The molecule has 6 rings (SSSR count). The smallest absolute Gasteiger partial charge is 0.137 e. The summed E-state index contributed by atoms with van der Waals surface area (Å²) in [5, 5.41) is 0. The molecule has 34 heavy (non-hydrogen) atoms. The van der Waals surface area contributed by atoms with Gasteiger partial charge in [-0.15, -0.1) is 0 Å². The third-order valence-corrected chi connectivity index (χ3v) is 7.49. The van der Waals surface area contributed by atoms with E-state index in [4.69, 9.17) is 9.72 Å². The lowest BCUT2D eigenvalue weighted by atomic mass is 10.00. The number of ether oxygens (including phenoxy) is 1. The van der Waals surface area contributed by atoms with Crippen LogP contribution in [-0.2, 0) is 4.74 Å². The summed E-state index contributed by atoms with van der Waals surface area (Å²) >= 11 is 0. The number of pyridine rings is 1. The average Bonchev–Trinajstić information content (AvgIpc) is 3.27. The molecule has 0 saturated carbocycles. The molecule has 0 atom stereocenters. The molecule has 0 aliphatic carbocycles. The van der Waals surface area contributed by atoms with Crippen molar-refractivity contribution in [1.29, 1.82) is 0 Å². The molecule has 0 radical (unpaired) electrons. The van der Waals surface area contributed by atoms with Crippen LogP contribution >= 0.6 is 0 Å². The first kappa shape index (κ1) is 21.4. The number of imidazole rings is 1. The highest BCUT2D eigenvalue weighted by atomic mass is 16.5. The molecule has 0 N–H and O–H groups in total. The highest BCUT2D eigenvalue weighted by Gasteiger charge is 2.21. The normalized spacial score (nSPS) is 17.6. The van der Waals surface area contributed by atoms with E-state index < -0.39 is 0 Å². The summed E-state index contributed by atoms with van der Waals surface area (Å²) in [7, 11) is 4.39. The fourth-order valence-electron chi connectivity index (χ4n) is 5.47. The zero-order valence-corrected chi connectivity index (χ0v) is 20.1. The molecule has 0 unspecified atom stereocenters. The minimum atomic E-state index is 0.687. The van der Waals surface area contributed by atoms with Crippen LogP contribution in [0.25, 0.3) is 33.4 Å². The second-order valence-electron chi connectivity index (χ2n) is 9.71. The maximum Gasteiger partial charge on any atom is 0.137 e. The number of fused-ring (bicyclic) bond motifs is 3. The van der Waals surface area contributed by atoms with E-state index in [1.807, 2.05) is 0 Å². The Bertz CT molecular complexity index is 1340. The van der Waals surface area contributed by atoms with Gasteiger partial charge in [0.25, 0.3) is 0 Å². The van der Waals surface area contributed by atoms with Crippen molar-refractivity contribution in [3.05, 3.63) is 72.4 Å². The van der Waals surface area contributed by atoms with Crippen LogP contribution in [0.1, 0.15) is 24.8 Å². The van der Waals surface area contributed by atoms with E-state index in [1.54, 1.807) is 0 Å². The first-order chi connectivity index (χ1) is 16.7. The van der Waals surface area contributed by atoms with Crippen LogP contribution in [0.5, 0.6) is 0 Å². The fraction of sp³-hybridized carbons (Fsp3) is 0.345. The van der Waals surface area contributed by atoms with Crippen molar-refractivity contribution >= 4 is 27.9 Å². The van der Waals surface area contributed by atoms with E-state index in [9.17, 15) is 0 Å². The summed E-state index contributed by atoms with van der Waals surface area (Å²) in [5.41, 5.74) is 9.60. The summed E-state index contributed by atoms with van der Waals surface area (Å²) in [6, 6.07) is 20.5. The Morgan fingerprint density at radius 3 is 2.47 bits per heavy atom. The molecule has 174 valence electrons. The highest BCUT2D eigenvalue weighted by molar-refractivity contribution is 5.92. The molecular weight excluding hydrogens is 420 g/mol. The van der Waals surface area contributed by atoms with Gasteiger partial charge < -0.3 is 14.5 Å². The molecule has 2 aromatic heterocycles. The molecule has 2 aliphatic heterocycles. The van der Waals surface area contributed by atoms with Crippen LogP contribution in [-0.4, -0.2) is 60.7 Å². The Kier molecular flexibility index (Phi) is 5.60. The Morgan fingerprint density at radius 1 is 0.941 bits per heavy atom. The molecule has 4 aromatic rings. The Morgan fingerprint density at radius 2 is 1.74 bits per heavy atom. The van der Waals surface area contributed by atoms with E-state index in [2.05, 4.69) is 95.2 Å². The van der Waals surface area contributed by atoms with Gasteiger partial charge in [-0.25, -0.2) is 4.98 Å². The number of para-hydroxylation sites is 1. The molecule has 2 aliphatic rings. The SMILES string of the molecule is CN(C)C1CCN(c2ccc(-c3ccc4nc5cccc(C6=CCOCC6)c5n4c3)cc2)CC1. The van der Waals surface area contributed by atoms with Gasteiger partial charge in [0, 0.05) is 36.6 Å². The number of nitrogens with zero attached hydrogens (tertiary/aromatic N) is 4. The topological polar surface area (TPSA) is 33.0 Å². The number of rotatable bonds is 4. The molecule has 4 heterocycles. The Labute approximate surface area is 201 Å². The fourth-order valence-corrected chi connectivity index (χ4v) is 5.47. The first-order valence-corrected chi connectivity index (χ1v) is 12.4. The van der Waals surface area contributed by atoms with Crippen molar-refractivity contribution in [2.45, 2.75) is 25.3 Å². The summed E-state index contributed by atoms with van der Waals surface area (Å²) in [6.45, 7) is 3.72. The largest absolute Gasteiger partial charge is 0.377 e. The van der Waals surface area contributed by atoms with Crippen LogP contribution in [0.4, 0.5) is 5.69 Å². The number of benzene rings is 2. The van der Waals surface area contributed by atoms with Crippen molar-refractivity contribution in [3.63, 3.8) is 0 Å². The van der Waals surface area contributed by atoms with Crippen LogP contribution in [0.3, 0.4) is 0 Å². The van der Waals surface area contributed by atoms with Crippen molar-refractivity contribution in [2.24, 2.45) is 0 Å². The van der Waals surface area contributed by atoms with Gasteiger partial charge in [0.15, 0.2) is 0 Å². The second-order valence-corrected chi connectivity index (χ2v) is 9.71. The van der Waals surface area contributed by atoms with E-state index in [-0.39, 0.29) is 0 Å². The third kappa shape index (κ3) is 3.89. The number of hydrogen-bond donors (Lipinski definition) is 0. The molecule has 1 saturated heterocycles. The first-order valence-electron chi connectivity index (χ1n) is 12.4. The quantitative estimate of drug-likeness (QED) is 0.410. The van der Waals surface area contributed by atoms with Gasteiger partial charge in [0.05, 0.1) is 24.2 Å². The molecule has 2 aromatic carbocycles. The predicted molar refractivity (Wildman–Crippen MR) is 140 cm³/mol. The summed E-state index contributed by atoms with van der Waals surface area (Å²) in [6.07, 6.45) is 7.85. The van der Waals surface area contributed by atoms with Crippen LogP contribution in [0.15, 0.2) is 66.9 Å². The van der Waals surface area contributed by atoms with Gasteiger partial charge in [0.1, 0.15) is 5.65 Å². The number of piperidine rings is 1. The van der Waals surface area contributed by atoms with Gasteiger partial charge in [-0.05, 0) is 80.4 Å². The minimum absolute atomic E-state index is 0.687. The minimum Gasteiger partial charge on any atom is -0.377 e. The lowest BCUT2D eigenvalue weighted by molar-refractivity contribution is 0.161. The molecule has 0 spiro atoms. The monoisotopic (exact) mass is 452 g/mol. The van der Waals surface area contributed by atoms with Crippen molar-refractivity contribution in [3.8, 4) is 11.1 Å². The molecule has 0 amide bonds. The van der Waals surface area contributed by atoms with Gasteiger partial charge in [-0.1, -0.05) is 30.3 Å². The highest BCUT2D eigenvalue weighted by Crippen LogP contribution is 2.32. The van der Waals surface area contributed by atoms with Crippen LogP contribution in [0.2, 0.25) is 0 Å². The Hall–Kier alpha value is -3.15. The molecule has 0 bridgehead atoms. The predicted octanol–water partition coefficient (Wildman–Crippen LogP) is 5.49. The average molecular weight is 453 g/mol. The molecule has 5 nitrogen and oxygen atoms in total. The maximum absolute atomic E-state index is 5.54. The van der Waals surface area contributed by atoms with Crippen LogP contribution in [0, 0.1) is 0 Å². The zero-order valence-electron chi connectivity index (χ0n) is 20.1. The van der Waals surface area contributed by atoms with Gasteiger partial charge >= 0.3 is 0 Å². The van der Waals surface area contributed by atoms with Crippen molar-refractivity contribution in [2.75, 3.05) is 45.3 Å². The lowest BCUT2D eigenvalue weighted by Crippen LogP contribution is -2.41. The van der Waals surface area contributed by atoms with Gasteiger partial charge in [-0.3, -0.25) is 4.40 Å². The van der Waals surface area contributed by atoms with Gasteiger partial charge in [-0.2, -0.15) is 0 Å². The molecule has 1 fully saturated rings. The summed E-state index contributed by atoms with van der Waals surface area (Å²) in [4.78, 5) is 9.77. The summed E-state index contributed by atoms with van der Waals surface area (Å²) < 4.78 is 7.80. The van der Waals surface area contributed by atoms with Crippen molar-refractivity contribution < 1.29 is 4.74 Å². The Balaban J connectivity index is 1.32. The number of hydrogen-bond acceptors (Lipinski definition) is 4. The number of aromatic nitrogens is 2. The lowest BCUT2D eigenvalue weighted by Gasteiger charge is -2.36. The van der Waals surface area contributed by atoms with Crippen LogP contribution < -0.4 is 4.90 Å². The standard InChI is InChI=1S/C29H32N4O/c1-31(2)24-12-16-32(17-13-24)25-9-6-21(7-10-25)23-8-11-28-30-27-5-3-4-26(29(27)33(28)20-23)22-14-18-34-19-15-22/h3-11,14,20,24H,12-13,15-19H2,1-2H3. The van der Waals surface area contributed by atoms with Gasteiger partial charge in [0.2, 0.25) is 0 Å². The van der Waals surface area contributed by atoms with Crippen molar-refractivity contribution in [1.82, 2.24) is 14.3 Å². The van der Waals surface area contributed by atoms with E-state index in [1.165, 1.54) is 46.3 Å². The number of anilines is 1. The zero-order chi connectivity index (χ0) is 23.1. The molecule has 5 heteroatoms. The van der Waals surface area contributed by atoms with E-state index in [0.29, 0.717) is 12.6 Å². The van der Waals surface area contributed by atoms with E-state index >= 15 is 0 Å². The second kappa shape index (κ2) is 8.90. The van der Waals surface area contributed by atoms with E-state index in [0.717, 1.165) is 37.3 Å². The third-order valence-electron chi connectivity index (χ3n) is 7.49. The maximum atomic E-state index is 5.54. The summed E-state index contributed by atoms with van der Waals surface area (Å²) in [5.74, 6) is 0.